The van der Waals surface area contributed by atoms with E-state index >= 15 is 0 Å². The van der Waals surface area contributed by atoms with Crippen molar-refractivity contribution in [1.29, 1.82) is 0 Å². The lowest BCUT2D eigenvalue weighted by Crippen LogP contribution is -2.49. The van der Waals surface area contributed by atoms with Crippen molar-refractivity contribution >= 4 is 5.97 Å². The predicted molar refractivity (Wildman–Crippen MR) is 71.7 cm³/mol. The summed E-state index contributed by atoms with van der Waals surface area (Å²) in [5, 5.41) is 9.36. The van der Waals surface area contributed by atoms with Crippen LogP contribution < -0.4 is 0 Å². The Hall–Kier alpha value is -0.610. The first kappa shape index (κ1) is 13.8. The Bertz CT molecular complexity index is 311. The van der Waals surface area contributed by atoms with Gasteiger partial charge in [0.05, 0.1) is 5.92 Å². The van der Waals surface area contributed by atoms with Crippen LogP contribution in [0, 0.1) is 5.92 Å². The predicted octanol–water partition coefficient (Wildman–Crippen LogP) is 1.66. The first-order valence-electron chi connectivity index (χ1n) is 7.08. The standard InChI is InChI=1S/C14H26N2O2/c1-14(2)10-16(12-6-4-5-7-12)9-11(13(17)18)8-15(14)3/h11-12H,4-10H2,1-3H3,(H,17,18). The van der Waals surface area contributed by atoms with Crippen molar-refractivity contribution < 1.29 is 9.90 Å². The maximum atomic E-state index is 11.4. The van der Waals surface area contributed by atoms with E-state index in [0.717, 1.165) is 6.54 Å². The molecular formula is C14H26N2O2. The third-order valence-electron chi connectivity index (χ3n) is 4.76. The molecule has 1 heterocycles. The first-order valence-corrected chi connectivity index (χ1v) is 7.08. The van der Waals surface area contributed by atoms with E-state index in [9.17, 15) is 9.90 Å². The van der Waals surface area contributed by atoms with Crippen LogP contribution in [-0.4, -0.2) is 59.1 Å². The van der Waals surface area contributed by atoms with E-state index < -0.39 is 5.97 Å². The van der Waals surface area contributed by atoms with Gasteiger partial charge < -0.3 is 5.11 Å². The van der Waals surface area contributed by atoms with Gasteiger partial charge >= 0.3 is 5.97 Å². The van der Waals surface area contributed by atoms with E-state index in [2.05, 4.69) is 23.6 Å². The minimum absolute atomic E-state index is 0.0623. The van der Waals surface area contributed by atoms with Crippen molar-refractivity contribution in [2.24, 2.45) is 5.92 Å². The summed E-state index contributed by atoms with van der Waals surface area (Å²) in [5.41, 5.74) is 0.0623. The third-order valence-corrected chi connectivity index (χ3v) is 4.76. The van der Waals surface area contributed by atoms with Crippen molar-refractivity contribution in [3.63, 3.8) is 0 Å². The number of aliphatic carboxylic acids is 1. The van der Waals surface area contributed by atoms with E-state index in [1.807, 2.05) is 7.05 Å². The highest BCUT2D eigenvalue weighted by Gasteiger charge is 2.38. The Labute approximate surface area is 110 Å². The summed E-state index contributed by atoms with van der Waals surface area (Å²) in [5.74, 6) is -0.903. The van der Waals surface area contributed by atoms with Crippen molar-refractivity contribution in [3.8, 4) is 0 Å². The molecule has 18 heavy (non-hydrogen) atoms. The smallest absolute Gasteiger partial charge is 0.309 e. The van der Waals surface area contributed by atoms with Gasteiger partial charge in [0.25, 0.3) is 0 Å². The van der Waals surface area contributed by atoms with Crippen LogP contribution in [-0.2, 0) is 4.79 Å². The highest BCUT2D eigenvalue weighted by molar-refractivity contribution is 5.70. The third kappa shape index (κ3) is 2.86. The molecule has 0 amide bonds. The van der Waals surface area contributed by atoms with E-state index in [1.165, 1.54) is 25.7 Å². The van der Waals surface area contributed by atoms with Gasteiger partial charge in [-0.3, -0.25) is 14.6 Å². The van der Waals surface area contributed by atoms with E-state index in [1.54, 1.807) is 0 Å². The van der Waals surface area contributed by atoms with Crippen molar-refractivity contribution in [3.05, 3.63) is 0 Å². The summed E-state index contributed by atoms with van der Waals surface area (Å²) in [6, 6.07) is 0.609. The number of nitrogens with zero attached hydrogens (tertiary/aromatic N) is 2. The van der Waals surface area contributed by atoms with Crippen molar-refractivity contribution in [2.45, 2.75) is 51.1 Å². The summed E-state index contributed by atoms with van der Waals surface area (Å²) in [4.78, 5) is 16.0. The maximum absolute atomic E-state index is 11.4. The Morgan fingerprint density at radius 3 is 2.39 bits per heavy atom. The Morgan fingerprint density at radius 2 is 1.83 bits per heavy atom. The fourth-order valence-electron chi connectivity index (χ4n) is 3.30. The number of carboxylic acids is 1. The molecule has 2 rings (SSSR count). The van der Waals surface area contributed by atoms with Gasteiger partial charge in [0.2, 0.25) is 0 Å². The molecule has 104 valence electrons. The van der Waals surface area contributed by atoms with E-state index in [-0.39, 0.29) is 11.5 Å². The van der Waals surface area contributed by atoms with Gasteiger partial charge in [0.1, 0.15) is 0 Å². The normalized spacial score (nSPS) is 31.4. The minimum Gasteiger partial charge on any atom is -0.481 e. The van der Waals surface area contributed by atoms with Crippen LogP contribution in [0.15, 0.2) is 0 Å². The Balaban J connectivity index is 2.15. The molecule has 4 heteroatoms. The largest absolute Gasteiger partial charge is 0.481 e. The number of hydrogen-bond donors (Lipinski definition) is 1. The molecule has 0 aromatic carbocycles. The lowest BCUT2D eigenvalue weighted by Gasteiger charge is -2.38. The van der Waals surface area contributed by atoms with E-state index in [0.29, 0.717) is 19.1 Å². The van der Waals surface area contributed by atoms with Gasteiger partial charge in [0, 0.05) is 31.2 Å². The SMILES string of the molecule is CN1CC(C(=O)O)CN(C2CCCC2)CC1(C)C. The number of hydrogen-bond acceptors (Lipinski definition) is 3. The monoisotopic (exact) mass is 254 g/mol. The lowest BCUT2D eigenvalue weighted by atomic mass is 10.0. The second kappa shape index (κ2) is 5.17. The van der Waals surface area contributed by atoms with Gasteiger partial charge in [-0.15, -0.1) is 0 Å². The van der Waals surface area contributed by atoms with Gasteiger partial charge in [0.15, 0.2) is 0 Å². The molecule has 1 saturated carbocycles. The highest BCUT2D eigenvalue weighted by atomic mass is 16.4. The van der Waals surface area contributed by atoms with Gasteiger partial charge in [-0.1, -0.05) is 12.8 Å². The Kier molecular flexibility index (Phi) is 3.97. The summed E-state index contributed by atoms with van der Waals surface area (Å²) >= 11 is 0. The molecule has 0 radical (unpaired) electrons. The molecule has 0 aromatic heterocycles. The molecule has 0 spiro atoms. The van der Waals surface area contributed by atoms with Gasteiger partial charge in [-0.2, -0.15) is 0 Å². The minimum atomic E-state index is -0.650. The van der Waals surface area contributed by atoms with E-state index in [4.69, 9.17) is 0 Å². The molecular weight excluding hydrogens is 228 g/mol. The first-order chi connectivity index (χ1) is 8.40. The lowest BCUT2D eigenvalue weighted by molar-refractivity contribution is -0.142. The molecule has 1 N–H and O–H groups in total. The van der Waals surface area contributed by atoms with Crippen LogP contribution in [0.1, 0.15) is 39.5 Å². The molecule has 1 saturated heterocycles. The molecule has 2 fully saturated rings. The number of carboxylic acid groups (broad SMARTS) is 1. The molecule has 1 unspecified atom stereocenters. The molecule has 0 aromatic rings. The van der Waals surface area contributed by atoms with Crippen LogP contribution in [0.25, 0.3) is 0 Å². The zero-order chi connectivity index (χ0) is 13.3. The molecule has 4 nitrogen and oxygen atoms in total. The molecule has 0 bridgehead atoms. The van der Waals surface area contributed by atoms with Gasteiger partial charge in [-0.05, 0) is 33.7 Å². The van der Waals surface area contributed by atoms with Crippen LogP contribution in [0.5, 0.6) is 0 Å². The Morgan fingerprint density at radius 1 is 1.22 bits per heavy atom. The summed E-state index contributed by atoms with van der Waals surface area (Å²) in [6.07, 6.45) is 5.09. The summed E-state index contributed by atoms with van der Waals surface area (Å²) in [7, 11) is 2.05. The quantitative estimate of drug-likeness (QED) is 0.814. The van der Waals surface area contributed by atoms with Gasteiger partial charge in [-0.25, -0.2) is 0 Å². The zero-order valence-corrected chi connectivity index (χ0v) is 11.9. The highest BCUT2D eigenvalue weighted by Crippen LogP contribution is 2.29. The number of rotatable bonds is 2. The fourth-order valence-corrected chi connectivity index (χ4v) is 3.30. The van der Waals surface area contributed by atoms with Crippen molar-refractivity contribution in [2.75, 3.05) is 26.7 Å². The second-order valence-electron chi connectivity index (χ2n) is 6.60. The average molecular weight is 254 g/mol. The van der Waals surface area contributed by atoms with Crippen LogP contribution in [0.2, 0.25) is 0 Å². The van der Waals surface area contributed by atoms with Crippen LogP contribution in [0.3, 0.4) is 0 Å². The summed E-state index contributed by atoms with van der Waals surface area (Å²) < 4.78 is 0. The second-order valence-corrected chi connectivity index (χ2v) is 6.60. The van der Waals surface area contributed by atoms with Crippen LogP contribution in [0.4, 0.5) is 0 Å². The molecule has 2 aliphatic rings. The maximum Gasteiger partial charge on any atom is 0.309 e. The summed E-state index contributed by atoms with van der Waals surface area (Å²) in [6.45, 7) is 6.80. The molecule has 1 atom stereocenters. The fraction of sp³-hybridized carbons (Fsp3) is 0.929. The number of carbonyl (C=O) groups is 1. The molecule has 1 aliphatic carbocycles. The topological polar surface area (TPSA) is 43.8 Å². The average Bonchev–Trinajstić information content (AvgIpc) is 2.75. The molecule has 1 aliphatic heterocycles. The number of likely N-dealkylation sites (N-methyl/N-ethyl adjacent to an activating group) is 1. The van der Waals surface area contributed by atoms with Crippen molar-refractivity contribution in [1.82, 2.24) is 9.80 Å². The van der Waals surface area contributed by atoms with Crippen LogP contribution >= 0.6 is 0 Å². The zero-order valence-electron chi connectivity index (χ0n) is 11.9.